The maximum Gasteiger partial charge on any atom is 0.257 e. The van der Waals surface area contributed by atoms with Crippen LogP contribution < -0.4 is 5.32 Å². The summed E-state index contributed by atoms with van der Waals surface area (Å²) in [6.45, 7) is 1.30. The van der Waals surface area contributed by atoms with Crippen LogP contribution in [0.4, 0.5) is 0 Å². The van der Waals surface area contributed by atoms with Crippen molar-refractivity contribution in [3.63, 3.8) is 0 Å². The molecule has 1 aromatic carbocycles. The summed E-state index contributed by atoms with van der Waals surface area (Å²) >= 11 is 0. The van der Waals surface area contributed by atoms with Crippen LogP contribution in [0.5, 0.6) is 11.5 Å². The van der Waals surface area contributed by atoms with Crippen molar-refractivity contribution in [2.75, 3.05) is 20.1 Å². The molecule has 2 rings (SSSR count). The molecule has 0 aromatic heterocycles. The number of carbonyl (C=O) groups is 1. The van der Waals surface area contributed by atoms with Crippen LogP contribution in [-0.4, -0.2) is 47.2 Å². The van der Waals surface area contributed by atoms with E-state index in [1.54, 1.807) is 11.0 Å². The number of likely N-dealkylation sites (tertiary alicyclic amines) is 1. The van der Waals surface area contributed by atoms with Crippen LogP contribution >= 0.6 is 0 Å². The van der Waals surface area contributed by atoms with E-state index in [-0.39, 0.29) is 23.0 Å². The zero-order chi connectivity index (χ0) is 12.4. The summed E-state index contributed by atoms with van der Waals surface area (Å²) in [6.07, 6.45) is 0.905. The number of nitrogens with zero attached hydrogens (tertiary/aromatic N) is 1. The van der Waals surface area contributed by atoms with Gasteiger partial charge < -0.3 is 20.4 Å². The molecular weight excluding hydrogens is 220 g/mol. The highest BCUT2D eigenvalue weighted by atomic mass is 16.3. The number of nitrogens with one attached hydrogen (secondary N) is 1. The van der Waals surface area contributed by atoms with E-state index in [0.29, 0.717) is 19.1 Å². The van der Waals surface area contributed by atoms with Crippen molar-refractivity contribution < 1.29 is 15.0 Å². The van der Waals surface area contributed by atoms with Gasteiger partial charge in [-0.3, -0.25) is 4.79 Å². The third-order valence-electron chi connectivity index (χ3n) is 3.13. The van der Waals surface area contributed by atoms with Crippen molar-refractivity contribution in [3.05, 3.63) is 23.8 Å². The SMILES string of the molecule is CNC1CCN(C(=O)c2cccc(O)c2O)C1. The van der Waals surface area contributed by atoms with Crippen molar-refractivity contribution in [1.82, 2.24) is 10.2 Å². The number of carbonyl (C=O) groups excluding carboxylic acids is 1. The van der Waals surface area contributed by atoms with E-state index < -0.39 is 0 Å². The molecule has 0 spiro atoms. The first kappa shape index (κ1) is 11.7. The van der Waals surface area contributed by atoms with Crippen molar-refractivity contribution in [2.45, 2.75) is 12.5 Å². The molecule has 0 bridgehead atoms. The average Bonchev–Trinajstić information content (AvgIpc) is 2.80. The molecule has 0 radical (unpaired) electrons. The molecule has 1 fully saturated rings. The van der Waals surface area contributed by atoms with Crippen molar-refractivity contribution in [3.8, 4) is 11.5 Å². The number of benzene rings is 1. The summed E-state index contributed by atoms with van der Waals surface area (Å²) in [5.41, 5.74) is 0.154. The lowest BCUT2D eigenvalue weighted by Gasteiger charge is -2.17. The molecule has 1 amide bonds. The molecule has 3 N–H and O–H groups in total. The second kappa shape index (κ2) is 4.63. The van der Waals surface area contributed by atoms with Crippen molar-refractivity contribution >= 4 is 5.91 Å². The van der Waals surface area contributed by atoms with Crippen LogP contribution in [0, 0.1) is 0 Å². The van der Waals surface area contributed by atoms with Gasteiger partial charge in [-0.1, -0.05) is 6.07 Å². The molecule has 5 nitrogen and oxygen atoms in total. The molecule has 1 unspecified atom stereocenters. The number of likely N-dealkylation sites (N-methyl/N-ethyl adjacent to an activating group) is 1. The Morgan fingerprint density at radius 2 is 2.24 bits per heavy atom. The van der Waals surface area contributed by atoms with E-state index in [1.165, 1.54) is 12.1 Å². The minimum absolute atomic E-state index is 0.154. The van der Waals surface area contributed by atoms with Crippen molar-refractivity contribution in [2.24, 2.45) is 0 Å². The third-order valence-corrected chi connectivity index (χ3v) is 3.13. The lowest BCUT2D eigenvalue weighted by Crippen LogP contribution is -2.33. The Balaban J connectivity index is 2.18. The molecule has 0 saturated carbocycles. The quantitative estimate of drug-likeness (QED) is 0.655. The fraction of sp³-hybridized carbons (Fsp3) is 0.417. The van der Waals surface area contributed by atoms with Gasteiger partial charge in [0.1, 0.15) is 0 Å². The topological polar surface area (TPSA) is 72.8 Å². The van der Waals surface area contributed by atoms with Crippen LogP contribution in [0.15, 0.2) is 18.2 Å². The number of aromatic hydroxyl groups is 2. The minimum atomic E-state index is -0.342. The molecule has 1 saturated heterocycles. The predicted octanol–water partition coefficient (Wildman–Crippen LogP) is 0.532. The lowest BCUT2D eigenvalue weighted by atomic mass is 10.1. The van der Waals surface area contributed by atoms with Gasteiger partial charge in [0.15, 0.2) is 11.5 Å². The molecule has 1 atom stereocenters. The Hall–Kier alpha value is -1.75. The van der Waals surface area contributed by atoms with Crippen molar-refractivity contribution in [1.29, 1.82) is 0 Å². The zero-order valence-corrected chi connectivity index (χ0v) is 9.68. The highest BCUT2D eigenvalue weighted by molar-refractivity contribution is 5.97. The Kier molecular flexibility index (Phi) is 3.19. The van der Waals surface area contributed by atoms with Gasteiger partial charge in [-0.15, -0.1) is 0 Å². The lowest BCUT2D eigenvalue weighted by molar-refractivity contribution is 0.0786. The largest absolute Gasteiger partial charge is 0.504 e. The molecule has 17 heavy (non-hydrogen) atoms. The highest BCUT2D eigenvalue weighted by Crippen LogP contribution is 2.29. The van der Waals surface area contributed by atoms with Crippen LogP contribution in [0.25, 0.3) is 0 Å². The second-order valence-electron chi connectivity index (χ2n) is 4.20. The smallest absolute Gasteiger partial charge is 0.257 e. The Morgan fingerprint density at radius 1 is 1.47 bits per heavy atom. The van der Waals surface area contributed by atoms with Crippen LogP contribution in [-0.2, 0) is 0 Å². The van der Waals surface area contributed by atoms with Gasteiger partial charge >= 0.3 is 0 Å². The maximum atomic E-state index is 12.1. The van der Waals surface area contributed by atoms with Gasteiger partial charge in [0, 0.05) is 19.1 Å². The summed E-state index contributed by atoms with van der Waals surface area (Å²) < 4.78 is 0. The first-order chi connectivity index (χ1) is 8.13. The second-order valence-corrected chi connectivity index (χ2v) is 4.20. The molecule has 1 aromatic rings. The number of rotatable bonds is 2. The molecule has 5 heteroatoms. The number of phenols is 2. The summed E-state index contributed by atoms with van der Waals surface area (Å²) in [5, 5.41) is 22.1. The minimum Gasteiger partial charge on any atom is -0.504 e. The number of hydrogen-bond donors (Lipinski definition) is 3. The zero-order valence-electron chi connectivity index (χ0n) is 9.68. The summed E-state index contributed by atoms with van der Waals surface area (Å²) in [5.74, 6) is -0.846. The highest BCUT2D eigenvalue weighted by Gasteiger charge is 2.27. The van der Waals surface area contributed by atoms with Gasteiger partial charge in [0.25, 0.3) is 5.91 Å². The van der Waals surface area contributed by atoms with E-state index in [2.05, 4.69) is 5.32 Å². The average molecular weight is 236 g/mol. The van der Waals surface area contributed by atoms with Crippen LogP contribution in [0.1, 0.15) is 16.8 Å². The van der Waals surface area contributed by atoms with E-state index >= 15 is 0 Å². The third kappa shape index (κ3) is 2.19. The van der Waals surface area contributed by atoms with Gasteiger partial charge in [-0.25, -0.2) is 0 Å². The summed E-state index contributed by atoms with van der Waals surface area (Å²) in [4.78, 5) is 13.8. The van der Waals surface area contributed by atoms with Crippen LogP contribution in [0.2, 0.25) is 0 Å². The van der Waals surface area contributed by atoms with E-state index in [9.17, 15) is 15.0 Å². The van der Waals surface area contributed by atoms with Gasteiger partial charge in [-0.05, 0) is 25.6 Å². The summed E-state index contributed by atoms with van der Waals surface area (Å²) in [6, 6.07) is 4.73. The van der Waals surface area contributed by atoms with Crippen LogP contribution in [0.3, 0.4) is 0 Å². The molecule has 1 aliphatic heterocycles. The standard InChI is InChI=1S/C12H16N2O3/c1-13-8-5-6-14(7-8)12(17)9-3-2-4-10(15)11(9)16/h2-4,8,13,15-16H,5-7H2,1H3. The van der Waals surface area contributed by atoms with Gasteiger partial charge in [0.2, 0.25) is 0 Å². The first-order valence-electron chi connectivity index (χ1n) is 5.61. The van der Waals surface area contributed by atoms with E-state index in [0.717, 1.165) is 6.42 Å². The Morgan fingerprint density at radius 3 is 2.88 bits per heavy atom. The normalized spacial score (nSPS) is 19.6. The molecule has 1 aliphatic rings. The molecule has 0 aliphatic carbocycles. The fourth-order valence-corrected chi connectivity index (χ4v) is 2.05. The predicted molar refractivity (Wildman–Crippen MR) is 63.1 cm³/mol. The first-order valence-corrected chi connectivity index (χ1v) is 5.61. The van der Waals surface area contributed by atoms with E-state index in [4.69, 9.17) is 0 Å². The monoisotopic (exact) mass is 236 g/mol. The fourth-order valence-electron chi connectivity index (χ4n) is 2.05. The van der Waals surface area contributed by atoms with Gasteiger partial charge in [0.05, 0.1) is 5.56 Å². The van der Waals surface area contributed by atoms with E-state index in [1.807, 2.05) is 7.05 Å². The summed E-state index contributed by atoms with van der Waals surface area (Å²) in [7, 11) is 1.87. The molecule has 92 valence electrons. The Bertz CT molecular complexity index is 434. The number of amides is 1. The maximum absolute atomic E-state index is 12.1. The number of phenolic OH excluding ortho intramolecular Hbond substituents is 2. The number of para-hydroxylation sites is 1. The Labute approximate surface area is 99.7 Å². The van der Waals surface area contributed by atoms with Gasteiger partial charge in [-0.2, -0.15) is 0 Å². The number of hydrogen-bond acceptors (Lipinski definition) is 4. The molecule has 1 heterocycles. The molecular formula is C12H16N2O3.